The fraction of sp³-hybridized carbons (Fsp3) is 0.529. The molecule has 0 aromatic heterocycles. The number of hydrogen-bond acceptors (Lipinski definition) is 4. The SMILES string of the molecule is C[C@@H](NC(=O)OC(C)(C)C)C(=O)N[C@H]1Cc2ccccc2[C@@H]1O. The molecule has 0 aliphatic heterocycles. The van der Waals surface area contributed by atoms with Crippen molar-refractivity contribution in [2.24, 2.45) is 0 Å². The van der Waals surface area contributed by atoms with Crippen LogP contribution in [0.25, 0.3) is 0 Å². The minimum Gasteiger partial charge on any atom is -0.444 e. The summed E-state index contributed by atoms with van der Waals surface area (Å²) in [6, 6.07) is 6.42. The molecule has 3 atom stereocenters. The van der Waals surface area contributed by atoms with Crippen LogP contribution in [-0.2, 0) is 16.0 Å². The third-order valence-electron chi connectivity index (χ3n) is 3.65. The van der Waals surface area contributed by atoms with Gasteiger partial charge < -0.3 is 20.5 Å². The van der Waals surface area contributed by atoms with Gasteiger partial charge in [0.25, 0.3) is 0 Å². The predicted octanol–water partition coefficient (Wildman–Crippen LogP) is 1.67. The van der Waals surface area contributed by atoms with Gasteiger partial charge in [0, 0.05) is 0 Å². The van der Waals surface area contributed by atoms with Gasteiger partial charge in [-0.1, -0.05) is 24.3 Å². The maximum atomic E-state index is 12.2. The average Bonchev–Trinajstić information content (AvgIpc) is 2.73. The van der Waals surface area contributed by atoms with Crippen LogP contribution in [0.4, 0.5) is 4.79 Å². The van der Waals surface area contributed by atoms with Crippen LogP contribution in [0.3, 0.4) is 0 Å². The summed E-state index contributed by atoms with van der Waals surface area (Å²) < 4.78 is 5.12. The Morgan fingerprint density at radius 3 is 2.57 bits per heavy atom. The van der Waals surface area contributed by atoms with Crippen LogP contribution in [0.2, 0.25) is 0 Å². The van der Waals surface area contributed by atoms with E-state index in [1.54, 1.807) is 27.7 Å². The first-order chi connectivity index (χ1) is 10.7. The highest BCUT2D eigenvalue weighted by Gasteiger charge is 2.33. The molecule has 1 aliphatic rings. The molecule has 6 heteroatoms. The Balaban J connectivity index is 1.89. The van der Waals surface area contributed by atoms with Crippen LogP contribution >= 0.6 is 0 Å². The van der Waals surface area contributed by atoms with E-state index in [4.69, 9.17) is 4.74 Å². The summed E-state index contributed by atoms with van der Waals surface area (Å²) in [7, 11) is 0. The molecule has 0 fully saturated rings. The maximum absolute atomic E-state index is 12.2. The zero-order chi connectivity index (χ0) is 17.2. The summed E-state index contributed by atoms with van der Waals surface area (Å²) >= 11 is 0. The highest BCUT2D eigenvalue weighted by molar-refractivity contribution is 5.85. The lowest BCUT2D eigenvalue weighted by molar-refractivity contribution is -0.124. The number of rotatable bonds is 3. The summed E-state index contributed by atoms with van der Waals surface area (Å²) in [5.41, 5.74) is 1.24. The largest absolute Gasteiger partial charge is 0.444 e. The predicted molar refractivity (Wildman–Crippen MR) is 85.9 cm³/mol. The Morgan fingerprint density at radius 1 is 1.30 bits per heavy atom. The molecular weight excluding hydrogens is 296 g/mol. The van der Waals surface area contributed by atoms with Gasteiger partial charge in [-0.25, -0.2) is 4.79 Å². The van der Waals surface area contributed by atoms with Crippen molar-refractivity contribution in [1.29, 1.82) is 0 Å². The second-order valence-corrected chi connectivity index (χ2v) is 6.83. The zero-order valence-electron chi connectivity index (χ0n) is 13.9. The smallest absolute Gasteiger partial charge is 0.408 e. The molecular formula is C17H24N2O4. The number of amides is 2. The van der Waals surface area contributed by atoms with Gasteiger partial charge in [0.05, 0.1) is 12.1 Å². The summed E-state index contributed by atoms with van der Waals surface area (Å²) in [5, 5.41) is 15.6. The highest BCUT2D eigenvalue weighted by Crippen LogP contribution is 2.30. The lowest BCUT2D eigenvalue weighted by atomic mass is 10.1. The van der Waals surface area contributed by atoms with E-state index >= 15 is 0 Å². The van der Waals surface area contributed by atoms with Crippen molar-refractivity contribution < 1.29 is 19.4 Å². The van der Waals surface area contributed by atoms with Crippen LogP contribution in [-0.4, -0.2) is 34.8 Å². The maximum Gasteiger partial charge on any atom is 0.408 e. The van der Waals surface area contributed by atoms with Gasteiger partial charge in [0.2, 0.25) is 5.91 Å². The molecule has 2 rings (SSSR count). The van der Waals surface area contributed by atoms with Gasteiger partial charge in [0.15, 0.2) is 0 Å². The van der Waals surface area contributed by atoms with Gasteiger partial charge in [-0.3, -0.25) is 4.79 Å². The lowest BCUT2D eigenvalue weighted by Gasteiger charge is -2.23. The molecule has 0 spiro atoms. The van der Waals surface area contributed by atoms with Gasteiger partial charge in [-0.05, 0) is 45.2 Å². The van der Waals surface area contributed by atoms with E-state index in [0.29, 0.717) is 6.42 Å². The van der Waals surface area contributed by atoms with E-state index in [2.05, 4.69) is 10.6 Å². The van der Waals surface area contributed by atoms with Gasteiger partial charge in [-0.2, -0.15) is 0 Å². The molecule has 0 saturated carbocycles. The first-order valence-electron chi connectivity index (χ1n) is 7.73. The molecule has 1 aromatic rings. The van der Waals surface area contributed by atoms with Crippen molar-refractivity contribution in [3.63, 3.8) is 0 Å². The minimum absolute atomic E-state index is 0.354. The molecule has 0 bridgehead atoms. The van der Waals surface area contributed by atoms with Crippen LogP contribution in [0.1, 0.15) is 44.9 Å². The number of aliphatic hydroxyl groups is 1. The topological polar surface area (TPSA) is 87.7 Å². The van der Waals surface area contributed by atoms with Gasteiger partial charge in [-0.15, -0.1) is 0 Å². The van der Waals surface area contributed by atoms with Crippen molar-refractivity contribution in [3.05, 3.63) is 35.4 Å². The monoisotopic (exact) mass is 320 g/mol. The quantitative estimate of drug-likeness (QED) is 0.790. The van der Waals surface area contributed by atoms with E-state index in [-0.39, 0.29) is 11.9 Å². The highest BCUT2D eigenvalue weighted by atomic mass is 16.6. The van der Waals surface area contributed by atoms with Gasteiger partial charge in [0.1, 0.15) is 11.6 Å². The Kier molecular flexibility index (Phi) is 4.94. The van der Waals surface area contributed by atoms with E-state index in [1.807, 2.05) is 24.3 Å². The zero-order valence-corrected chi connectivity index (χ0v) is 13.9. The number of aliphatic hydroxyl groups excluding tert-OH is 1. The van der Waals surface area contributed by atoms with Crippen molar-refractivity contribution in [2.75, 3.05) is 0 Å². The number of ether oxygens (including phenoxy) is 1. The molecule has 23 heavy (non-hydrogen) atoms. The molecule has 0 heterocycles. The Bertz CT molecular complexity index is 595. The Labute approximate surface area is 136 Å². The molecule has 2 amide bonds. The fourth-order valence-corrected chi connectivity index (χ4v) is 2.56. The average molecular weight is 320 g/mol. The van der Waals surface area contributed by atoms with E-state index in [9.17, 15) is 14.7 Å². The third kappa shape index (κ3) is 4.45. The molecule has 1 aromatic carbocycles. The van der Waals surface area contributed by atoms with Crippen molar-refractivity contribution in [3.8, 4) is 0 Å². The Morgan fingerprint density at radius 2 is 1.96 bits per heavy atom. The van der Waals surface area contributed by atoms with E-state index in [0.717, 1.165) is 11.1 Å². The number of fused-ring (bicyclic) bond motifs is 1. The number of hydrogen-bond donors (Lipinski definition) is 3. The number of carbonyl (C=O) groups excluding carboxylic acids is 2. The third-order valence-corrected chi connectivity index (χ3v) is 3.65. The van der Waals surface area contributed by atoms with Crippen molar-refractivity contribution in [1.82, 2.24) is 10.6 Å². The van der Waals surface area contributed by atoms with Crippen molar-refractivity contribution >= 4 is 12.0 Å². The molecule has 0 radical (unpaired) electrons. The van der Waals surface area contributed by atoms with E-state index < -0.39 is 23.8 Å². The standard InChI is InChI=1S/C17H24N2O4/c1-10(18-16(22)23-17(2,3)4)15(21)19-13-9-11-7-5-6-8-12(11)14(13)20/h5-8,10,13-14,20H,9H2,1-4H3,(H,18,22)(H,19,21)/t10-,13+,14+/m1/s1. The number of carbonyl (C=O) groups is 2. The molecule has 6 nitrogen and oxygen atoms in total. The number of alkyl carbamates (subject to hydrolysis) is 1. The van der Waals surface area contributed by atoms with Gasteiger partial charge >= 0.3 is 6.09 Å². The summed E-state index contributed by atoms with van der Waals surface area (Å²) in [5.74, 6) is -0.354. The first kappa shape index (κ1) is 17.3. The first-order valence-corrected chi connectivity index (χ1v) is 7.73. The lowest BCUT2D eigenvalue weighted by Crippen LogP contribution is -2.50. The summed E-state index contributed by atoms with van der Waals surface area (Å²) in [4.78, 5) is 23.9. The van der Waals surface area contributed by atoms with Crippen LogP contribution in [0.5, 0.6) is 0 Å². The number of nitrogens with one attached hydrogen (secondary N) is 2. The molecule has 1 aliphatic carbocycles. The number of benzene rings is 1. The van der Waals surface area contributed by atoms with Crippen LogP contribution < -0.4 is 10.6 Å². The minimum atomic E-state index is -0.749. The second kappa shape index (κ2) is 6.58. The fourth-order valence-electron chi connectivity index (χ4n) is 2.56. The normalized spacial score (nSPS) is 21.3. The second-order valence-electron chi connectivity index (χ2n) is 6.83. The Hall–Kier alpha value is -2.08. The summed E-state index contributed by atoms with van der Waals surface area (Å²) in [6.07, 6.45) is -0.804. The molecule has 126 valence electrons. The van der Waals surface area contributed by atoms with Crippen LogP contribution in [0, 0.1) is 0 Å². The van der Waals surface area contributed by atoms with Crippen LogP contribution in [0.15, 0.2) is 24.3 Å². The summed E-state index contributed by atoms with van der Waals surface area (Å²) in [6.45, 7) is 6.84. The molecule has 3 N–H and O–H groups in total. The van der Waals surface area contributed by atoms with Crippen molar-refractivity contribution in [2.45, 2.75) is 57.9 Å². The molecule has 0 unspecified atom stereocenters. The molecule has 0 saturated heterocycles. The van der Waals surface area contributed by atoms with E-state index in [1.165, 1.54) is 0 Å².